The number of para-hydroxylation sites is 4. The molecule has 9 aromatic rings. The molecule has 0 N–H and O–H groups in total. The standard InChI is InChI=1S/C45H23N3O2/c46-24-30-22-28(36-9-5-11-40-38-7-1-3-13-42(38)49-44(36)40)15-18-33(30)27-16-19-34(31(21-27)25-47)35-20-17-29(23-32(35)26-48)37-10-6-12-41-39-8-2-4-14-43(39)50-45(37)41/h1-23H. The first-order chi connectivity index (χ1) is 24.6. The third-order valence-electron chi connectivity index (χ3n) is 9.45. The van der Waals surface area contributed by atoms with Crippen molar-refractivity contribution in [3.63, 3.8) is 0 Å². The molecule has 0 aliphatic heterocycles. The summed E-state index contributed by atoms with van der Waals surface area (Å²) in [5, 5.41) is 34.9. The lowest BCUT2D eigenvalue weighted by atomic mass is 9.89. The van der Waals surface area contributed by atoms with E-state index in [1.165, 1.54) is 0 Å². The highest BCUT2D eigenvalue weighted by atomic mass is 16.3. The Morgan fingerprint density at radius 3 is 1.18 bits per heavy atom. The summed E-state index contributed by atoms with van der Waals surface area (Å²) in [5.41, 5.74) is 10.8. The van der Waals surface area contributed by atoms with Crippen LogP contribution in [0.1, 0.15) is 16.7 Å². The lowest BCUT2D eigenvalue weighted by molar-refractivity contribution is 0.669. The van der Waals surface area contributed by atoms with E-state index in [0.29, 0.717) is 33.4 Å². The van der Waals surface area contributed by atoms with Crippen molar-refractivity contribution in [2.75, 3.05) is 0 Å². The zero-order chi connectivity index (χ0) is 33.8. The van der Waals surface area contributed by atoms with Gasteiger partial charge >= 0.3 is 0 Å². The highest BCUT2D eigenvalue weighted by molar-refractivity contribution is 6.10. The second kappa shape index (κ2) is 11.4. The van der Waals surface area contributed by atoms with E-state index in [1.54, 1.807) is 6.07 Å². The minimum Gasteiger partial charge on any atom is -0.455 e. The zero-order valence-electron chi connectivity index (χ0n) is 26.4. The van der Waals surface area contributed by atoms with Crippen LogP contribution in [0.2, 0.25) is 0 Å². The summed E-state index contributed by atoms with van der Waals surface area (Å²) < 4.78 is 12.5. The van der Waals surface area contributed by atoms with E-state index in [0.717, 1.165) is 71.7 Å². The fraction of sp³-hybridized carbons (Fsp3) is 0. The molecule has 9 rings (SSSR count). The molecular weight excluding hydrogens is 615 g/mol. The molecular formula is C45H23N3O2. The molecule has 2 heterocycles. The molecule has 0 aliphatic rings. The van der Waals surface area contributed by atoms with Crippen LogP contribution < -0.4 is 0 Å². The highest BCUT2D eigenvalue weighted by Gasteiger charge is 2.18. The zero-order valence-corrected chi connectivity index (χ0v) is 26.4. The predicted molar refractivity (Wildman–Crippen MR) is 197 cm³/mol. The molecule has 0 fully saturated rings. The average Bonchev–Trinajstić information content (AvgIpc) is 3.76. The molecule has 0 unspecified atom stereocenters. The second-order valence-corrected chi connectivity index (χ2v) is 12.2. The number of nitrogens with zero attached hydrogens (tertiary/aromatic N) is 3. The number of furan rings is 2. The predicted octanol–water partition coefficient (Wildman–Crippen LogP) is 11.8. The van der Waals surface area contributed by atoms with Gasteiger partial charge in [-0.1, -0.05) is 109 Å². The number of fused-ring (bicyclic) bond motifs is 6. The van der Waals surface area contributed by atoms with Gasteiger partial charge in [-0.05, 0) is 52.6 Å². The Kier molecular flexibility index (Phi) is 6.56. The number of nitriles is 3. The topological polar surface area (TPSA) is 97.7 Å². The van der Waals surface area contributed by atoms with Gasteiger partial charge in [-0.3, -0.25) is 0 Å². The molecule has 230 valence electrons. The summed E-state index contributed by atoms with van der Waals surface area (Å²) in [7, 11) is 0. The summed E-state index contributed by atoms with van der Waals surface area (Å²) in [6, 6.07) is 52.0. The van der Waals surface area contributed by atoms with Gasteiger partial charge in [-0.2, -0.15) is 15.8 Å². The van der Waals surface area contributed by atoms with Crippen LogP contribution in [0.15, 0.2) is 148 Å². The van der Waals surface area contributed by atoms with Gasteiger partial charge in [0.05, 0.1) is 34.9 Å². The lowest BCUT2D eigenvalue weighted by Gasteiger charge is -2.12. The summed E-state index contributed by atoms with van der Waals surface area (Å²) in [5.74, 6) is 0. The Morgan fingerprint density at radius 1 is 0.340 bits per heavy atom. The van der Waals surface area contributed by atoms with Gasteiger partial charge in [-0.15, -0.1) is 0 Å². The minimum absolute atomic E-state index is 0.408. The van der Waals surface area contributed by atoms with E-state index in [-0.39, 0.29) is 0 Å². The molecule has 0 saturated carbocycles. The summed E-state index contributed by atoms with van der Waals surface area (Å²) in [6.07, 6.45) is 0. The van der Waals surface area contributed by atoms with Crippen molar-refractivity contribution in [2.24, 2.45) is 0 Å². The van der Waals surface area contributed by atoms with Gasteiger partial charge in [0, 0.05) is 43.8 Å². The normalized spacial score (nSPS) is 11.1. The molecule has 7 aromatic carbocycles. The maximum Gasteiger partial charge on any atom is 0.143 e. The molecule has 0 radical (unpaired) electrons. The van der Waals surface area contributed by atoms with E-state index in [1.807, 2.05) is 133 Å². The van der Waals surface area contributed by atoms with Crippen molar-refractivity contribution < 1.29 is 8.83 Å². The van der Waals surface area contributed by atoms with Gasteiger partial charge in [-0.25, -0.2) is 0 Å². The smallest absolute Gasteiger partial charge is 0.143 e. The van der Waals surface area contributed by atoms with E-state index in [9.17, 15) is 15.8 Å². The molecule has 50 heavy (non-hydrogen) atoms. The third-order valence-corrected chi connectivity index (χ3v) is 9.45. The average molecular weight is 638 g/mol. The van der Waals surface area contributed by atoms with Crippen molar-refractivity contribution in [3.05, 3.63) is 156 Å². The van der Waals surface area contributed by atoms with Crippen LogP contribution in [0, 0.1) is 34.0 Å². The molecule has 0 atom stereocenters. The van der Waals surface area contributed by atoms with Crippen LogP contribution in [0.4, 0.5) is 0 Å². The van der Waals surface area contributed by atoms with Gasteiger partial charge in [0.25, 0.3) is 0 Å². The first-order valence-corrected chi connectivity index (χ1v) is 16.1. The second-order valence-electron chi connectivity index (χ2n) is 12.2. The molecule has 2 aromatic heterocycles. The largest absolute Gasteiger partial charge is 0.455 e. The fourth-order valence-electron chi connectivity index (χ4n) is 7.08. The van der Waals surface area contributed by atoms with E-state index in [2.05, 4.69) is 18.2 Å². The molecule has 0 bridgehead atoms. The van der Waals surface area contributed by atoms with Crippen molar-refractivity contribution in [3.8, 4) is 62.7 Å². The number of hydrogen-bond donors (Lipinski definition) is 0. The Bertz CT molecular complexity index is 2980. The summed E-state index contributed by atoms with van der Waals surface area (Å²) >= 11 is 0. The maximum absolute atomic E-state index is 10.3. The molecule has 5 nitrogen and oxygen atoms in total. The van der Waals surface area contributed by atoms with Crippen molar-refractivity contribution in [2.45, 2.75) is 0 Å². The Morgan fingerprint density at radius 2 is 0.720 bits per heavy atom. The monoisotopic (exact) mass is 637 g/mol. The van der Waals surface area contributed by atoms with E-state index in [4.69, 9.17) is 8.83 Å². The van der Waals surface area contributed by atoms with Crippen LogP contribution >= 0.6 is 0 Å². The molecule has 0 amide bonds. The maximum atomic E-state index is 10.3. The van der Waals surface area contributed by atoms with Gasteiger partial charge in [0.15, 0.2) is 0 Å². The fourth-order valence-corrected chi connectivity index (χ4v) is 7.08. The molecule has 5 heteroatoms. The minimum atomic E-state index is 0.408. The first kappa shape index (κ1) is 28.8. The van der Waals surface area contributed by atoms with Gasteiger partial charge in [0.1, 0.15) is 22.3 Å². The summed E-state index contributed by atoms with van der Waals surface area (Å²) in [6.45, 7) is 0. The number of hydrogen-bond acceptors (Lipinski definition) is 5. The quantitative estimate of drug-likeness (QED) is 0.191. The van der Waals surface area contributed by atoms with Crippen molar-refractivity contribution in [1.29, 1.82) is 15.8 Å². The lowest BCUT2D eigenvalue weighted by Crippen LogP contribution is -1.93. The van der Waals surface area contributed by atoms with Crippen LogP contribution in [0.5, 0.6) is 0 Å². The summed E-state index contributed by atoms with van der Waals surface area (Å²) in [4.78, 5) is 0. The van der Waals surface area contributed by atoms with Crippen LogP contribution in [0.25, 0.3) is 88.4 Å². The van der Waals surface area contributed by atoms with Crippen molar-refractivity contribution in [1.82, 2.24) is 0 Å². The number of rotatable bonds is 4. The van der Waals surface area contributed by atoms with E-state index < -0.39 is 0 Å². The molecule has 0 spiro atoms. The highest BCUT2D eigenvalue weighted by Crippen LogP contribution is 2.40. The molecule has 0 aliphatic carbocycles. The van der Waals surface area contributed by atoms with Crippen LogP contribution in [0.3, 0.4) is 0 Å². The Balaban J connectivity index is 1.10. The van der Waals surface area contributed by atoms with Gasteiger partial charge in [0.2, 0.25) is 0 Å². The van der Waals surface area contributed by atoms with Crippen molar-refractivity contribution >= 4 is 43.9 Å². The number of benzene rings is 7. The first-order valence-electron chi connectivity index (χ1n) is 16.1. The van der Waals surface area contributed by atoms with E-state index >= 15 is 0 Å². The Hall–Kier alpha value is -7.39. The van der Waals surface area contributed by atoms with Gasteiger partial charge < -0.3 is 8.83 Å². The Labute approximate surface area is 286 Å². The SMILES string of the molecule is N#Cc1cc(-c2cccc3c2oc2ccccc23)ccc1-c1ccc(-c2ccc(-c3cccc4c3oc3ccccc34)cc2C#N)c(C#N)c1. The molecule has 0 saturated heterocycles. The van der Waals surface area contributed by atoms with Crippen LogP contribution in [-0.2, 0) is 0 Å². The third kappa shape index (κ3) is 4.45. The van der Waals surface area contributed by atoms with Crippen LogP contribution in [-0.4, -0.2) is 0 Å².